The Kier molecular flexibility index (Phi) is 5.58. The number of anilines is 1. The molecule has 0 radical (unpaired) electrons. The summed E-state index contributed by atoms with van der Waals surface area (Å²) in [5.41, 5.74) is 4.68. The van der Waals surface area contributed by atoms with Gasteiger partial charge in [0.2, 0.25) is 0 Å². The van der Waals surface area contributed by atoms with Crippen LogP contribution in [0.15, 0.2) is 78.9 Å². The van der Waals surface area contributed by atoms with Crippen LogP contribution in [-0.4, -0.2) is 18.0 Å². The largest absolute Gasteiger partial charge is 0.371 e. The highest BCUT2D eigenvalue weighted by Crippen LogP contribution is 2.45. The number of benzene rings is 3. The van der Waals surface area contributed by atoms with Crippen molar-refractivity contribution in [1.82, 2.24) is 0 Å². The summed E-state index contributed by atoms with van der Waals surface area (Å²) < 4.78 is 0. The van der Waals surface area contributed by atoms with Crippen molar-refractivity contribution in [2.75, 3.05) is 18.0 Å². The van der Waals surface area contributed by atoms with Gasteiger partial charge >= 0.3 is 0 Å². The average molecular weight is 401 g/mol. The van der Waals surface area contributed by atoms with Crippen molar-refractivity contribution < 1.29 is 4.92 Å². The van der Waals surface area contributed by atoms with Crippen LogP contribution in [-0.2, 0) is 5.41 Å². The third-order valence-corrected chi connectivity index (χ3v) is 6.62. The van der Waals surface area contributed by atoms with Gasteiger partial charge in [-0.1, -0.05) is 74.5 Å². The highest BCUT2D eigenvalue weighted by molar-refractivity contribution is 5.65. The topological polar surface area (TPSA) is 46.4 Å². The lowest BCUT2D eigenvalue weighted by Crippen LogP contribution is -2.40. The van der Waals surface area contributed by atoms with Crippen LogP contribution < -0.4 is 4.90 Å². The Morgan fingerprint density at radius 2 is 1.70 bits per heavy atom. The zero-order valence-electron chi connectivity index (χ0n) is 17.6. The monoisotopic (exact) mass is 400 g/mol. The molecule has 1 aliphatic heterocycles. The first-order valence-electron chi connectivity index (χ1n) is 10.6. The van der Waals surface area contributed by atoms with Crippen LogP contribution in [0.3, 0.4) is 0 Å². The molecule has 0 aliphatic carbocycles. The van der Waals surface area contributed by atoms with Crippen LogP contribution in [0.1, 0.15) is 49.3 Å². The molecule has 0 bridgehead atoms. The van der Waals surface area contributed by atoms with Gasteiger partial charge in [-0.2, -0.15) is 0 Å². The molecule has 0 saturated carbocycles. The molecular weight excluding hydrogens is 372 g/mol. The quantitative estimate of drug-likeness (QED) is 0.360. The summed E-state index contributed by atoms with van der Waals surface area (Å²) in [4.78, 5) is 13.6. The second-order valence-electron chi connectivity index (χ2n) is 8.49. The van der Waals surface area contributed by atoms with Gasteiger partial charge < -0.3 is 4.90 Å². The molecule has 0 saturated heterocycles. The van der Waals surface area contributed by atoms with Gasteiger partial charge in [0.15, 0.2) is 0 Å². The minimum atomic E-state index is -0.290. The fraction of sp³-hybridized carbons (Fsp3) is 0.308. The number of nitro groups is 1. The molecule has 0 amide bonds. The van der Waals surface area contributed by atoms with Gasteiger partial charge in [-0.25, -0.2) is 0 Å². The van der Waals surface area contributed by atoms with Crippen molar-refractivity contribution in [1.29, 1.82) is 0 Å². The van der Waals surface area contributed by atoms with E-state index in [1.165, 1.54) is 11.1 Å². The molecule has 0 spiro atoms. The van der Waals surface area contributed by atoms with Crippen molar-refractivity contribution in [3.05, 3.63) is 106 Å². The van der Waals surface area contributed by atoms with E-state index < -0.39 is 0 Å². The molecule has 3 aromatic carbocycles. The molecule has 4 rings (SSSR count). The third kappa shape index (κ3) is 3.82. The number of hydrogen-bond acceptors (Lipinski definition) is 3. The maximum absolute atomic E-state index is 11.5. The van der Waals surface area contributed by atoms with E-state index in [-0.39, 0.29) is 16.0 Å². The maximum Gasteiger partial charge on any atom is 0.269 e. The van der Waals surface area contributed by atoms with Crippen molar-refractivity contribution in [3.63, 3.8) is 0 Å². The number of nitrogens with zero attached hydrogens (tertiary/aromatic N) is 2. The zero-order chi connectivity index (χ0) is 21.1. The summed E-state index contributed by atoms with van der Waals surface area (Å²) in [7, 11) is 0. The predicted molar refractivity (Wildman–Crippen MR) is 122 cm³/mol. The van der Waals surface area contributed by atoms with Crippen LogP contribution in [0.5, 0.6) is 0 Å². The Labute approximate surface area is 178 Å². The van der Waals surface area contributed by atoms with E-state index >= 15 is 0 Å². The standard InChI is InChI=1S/C26H28N2O2/c1-20(21-9-5-3-6-10-21)15-17-27-18-16-26(2,22-11-7-4-8-12-22)24-19-23(28(29)30)13-14-25(24)27/h3-14,19-20H,15-18H2,1-2H3. The lowest BCUT2D eigenvalue weighted by Gasteiger charge is -2.43. The first-order chi connectivity index (χ1) is 14.5. The highest BCUT2D eigenvalue weighted by atomic mass is 16.6. The number of rotatable bonds is 6. The van der Waals surface area contributed by atoms with Gasteiger partial charge in [0.1, 0.15) is 0 Å². The highest BCUT2D eigenvalue weighted by Gasteiger charge is 2.37. The number of non-ortho nitro benzene ring substituents is 1. The molecule has 2 unspecified atom stereocenters. The molecule has 0 fully saturated rings. The van der Waals surface area contributed by atoms with Crippen LogP contribution in [0.25, 0.3) is 0 Å². The van der Waals surface area contributed by atoms with Crippen LogP contribution >= 0.6 is 0 Å². The van der Waals surface area contributed by atoms with E-state index in [1.807, 2.05) is 24.3 Å². The number of nitro benzene ring substituents is 1. The Hall–Kier alpha value is -3.14. The van der Waals surface area contributed by atoms with Crippen LogP contribution in [0, 0.1) is 10.1 Å². The first kappa shape index (κ1) is 20.1. The summed E-state index contributed by atoms with van der Waals surface area (Å²) in [6, 6.07) is 26.4. The van der Waals surface area contributed by atoms with Crippen molar-refractivity contribution >= 4 is 11.4 Å². The van der Waals surface area contributed by atoms with Crippen molar-refractivity contribution in [3.8, 4) is 0 Å². The van der Waals surface area contributed by atoms with E-state index in [0.717, 1.165) is 37.2 Å². The van der Waals surface area contributed by atoms with Gasteiger partial charge in [0, 0.05) is 36.3 Å². The Bertz CT molecular complexity index is 1020. The lowest BCUT2D eigenvalue weighted by atomic mass is 9.70. The van der Waals surface area contributed by atoms with Gasteiger partial charge in [0.05, 0.1) is 4.92 Å². The molecule has 30 heavy (non-hydrogen) atoms. The molecule has 1 heterocycles. The Morgan fingerprint density at radius 1 is 1.03 bits per heavy atom. The molecule has 2 atom stereocenters. The second-order valence-corrected chi connectivity index (χ2v) is 8.49. The first-order valence-corrected chi connectivity index (χ1v) is 10.6. The molecule has 154 valence electrons. The molecular formula is C26H28N2O2. The summed E-state index contributed by atoms with van der Waals surface area (Å²) in [6.45, 7) is 6.36. The van der Waals surface area contributed by atoms with Crippen LogP contribution in [0.2, 0.25) is 0 Å². The van der Waals surface area contributed by atoms with E-state index in [0.29, 0.717) is 5.92 Å². The summed E-state index contributed by atoms with van der Waals surface area (Å²) in [5.74, 6) is 0.468. The average Bonchev–Trinajstić information content (AvgIpc) is 2.79. The lowest BCUT2D eigenvalue weighted by molar-refractivity contribution is -0.384. The third-order valence-electron chi connectivity index (χ3n) is 6.62. The zero-order valence-corrected chi connectivity index (χ0v) is 17.6. The van der Waals surface area contributed by atoms with Gasteiger partial charge in [-0.3, -0.25) is 10.1 Å². The maximum atomic E-state index is 11.5. The molecule has 4 heteroatoms. The predicted octanol–water partition coefficient (Wildman–Crippen LogP) is 6.30. The molecule has 3 aromatic rings. The second kappa shape index (κ2) is 8.31. The summed E-state index contributed by atoms with van der Waals surface area (Å²) in [5, 5.41) is 11.5. The van der Waals surface area contributed by atoms with Crippen molar-refractivity contribution in [2.24, 2.45) is 0 Å². The summed E-state index contributed by atoms with van der Waals surface area (Å²) in [6.07, 6.45) is 1.98. The smallest absolute Gasteiger partial charge is 0.269 e. The normalized spacial score (nSPS) is 19.2. The van der Waals surface area contributed by atoms with Crippen molar-refractivity contribution in [2.45, 2.75) is 38.0 Å². The fourth-order valence-electron chi connectivity index (χ4n) is 4.60. The minimum Gasteiger partial charge on any atom is -0.371 e. The van der Waals surface area contributed by atoms with Gasteiger partial charge in [-0.05, 0) is 41.5 Å². The van der Waals surface area contributed by atoms with Gasteiger partial charge in [-0.15, -0.1) is 0 Å². The van der Waals surface area contributed by atoms with Gasteiger partial charge in [0.25, 0.3) is 5.69 Å². The number of hydrogen-bond donors (Lipinski definition) is 0. The van der Waals surface area contributed by atoms with E-state index in [2.05, 4.69) is 61.2 Å². The molecule has 4 nitrogen and oxygen atoms in total. The fourth-order valence-corrected chi connectivity index (χ4v) is 4.60. The van der Waals surface area contributed by atoms with E-state index in [1.54, 1.807) is 12.1 Å². The minimum absolute atomic E-state index is 0.162. The molecule has 0 aromatic heterocycles. The summed E-state index contributed by atoms with van der Waals surface area (Å²) >= 11 is 0. The Balaban J connectivity index is 1.65. The SMILES string of the molecule is CC(CCN1CCC(C)(c2ccccc2)c2cc([N+](=O)[O-])ccc21)c1ccccc1. The van der Waals surface area contributed by atoms with Crippen LogP contribution in [0.4, 0.5) is 11.4 Å². The van der Waals surface area contributed by atoms with E-state index in [9.17, 15) is 10.1 Å². The molecule has 1 aliphatic rings. The Morgan fingerprint density at radius 3 is 2.37 bits per heavy atom. The number of fused-ring (bicyclic) bond motifs is 1. The van der Waals surface area contributed by atoms with E-state index in [4.69, 9.17) is 0 Å². The molecule has 0 N–H and O–H groups in total.